The number of amides is 3. The minimum Gasteiger partial charge on any atom is -0.480 e. The van der Waals surface area contributed by atoms with Gasteiger partial charge < -0.3 is 47.0 Å². The number of aliphatic carboxylic acids is 1. The maximum Gasteiger partial charge on any atom is 0.326 e. The van der Waals surface area contributed by atoms with Crippen LogP contribution in [0.1, 0.15) is 11.4 Å². The highest BCUT2D eigenvalue weighted by atomic mass is 16.4. The summed E-state index contributed by atoms with van der Waals surface area (Å²) in [5.74, 6) is -3.93. The summed E-state index contributed by atoms with van der Waals surface area (Å²) in [6.07, 6.45) is 5.38. The van der Waals surface area contributed by atoms with Crippen molar-refractivity contribution in [3.05, 3.63) is 36.4 Å². The Labute approximate surface area is 187 Å². The van der Waals surface area contributed by atoms with Crippen LogP contribution >= 0.6 is 0 Å². The molecule has 15 heteroatoms. The SMILES string of the molecule is NC(CO)C(=O)NC(CO)C(=O)NC(Cc1cnc[nH]1)C(=O)NC(Cc1cnc[nH]1)C(=O)O. The topological polar surface area (TPSA) is 248 Å². The number of aromatic nitrogens is 4. The monoisotopic (exact) mass is 466 g/mol. The minimum atomic E-state index is -1.47. The molecule has 2 heterocycles. The van der Waals surface area contributed by atoms with Crippen LogP contribution < -0.4 is 21.7 Å². The van der Waals surface area contributed by atoms with Crippen LogP contribution in [-0.4, -0.2) is 96.3 Å². The number of nitrogens with one attached hydrogen (secondary N) is 5. The van der Waals surface area contributed by atoms with Crippen LogP contribution in [0.5, 0.6) is 0 Å². The van der Waals surface area contributed by atoms with Gasteiger partial charge in [0.1, 0.15) is 24.2 Å². The molecule has 0 saturated heterocycles. The third kappa shape index (κ3) is 7.67. The molecule has 0 spiro atoms. The molecule has 4 atom stereocenters. The summed E-state index contributed by atoms with van der Waals surface area (Å²) in [6, 6.07) is -5.38. The van der Waals surface area contributed by atoms with Crippen LogP contribution in [0.25, 0.3) is 0 Å². The Bertz CT molecular complexity index is 918. The van der Waals surface area contributed by atoms with Crippen molar-refractivity contribution >= 4 is 23.7 Å². The molecule has 0 radical (unpaired) electrons. The molecule has 0 aliphatic rings. The molecule has 0 aliphatic carbocycles. The lowest BCUT2D eigenvalue weighted by Crippen LogP contribution is -2.59. The number of rotatable bonds is 13. The molecule has 0 aromatic carbocycles. The number of carbonyl (C=O) groups excluding carboxylic acids is 3. The minimum absolute atomic E-state index is 0.0832. The van der Waals surface area contributed by atoms with Gasteiger partial charge in [-0.05, 0) is 0 Å². The average Bonchev–Trinajstić information content (AvgIpc) is 3.49. The summed E-state index contributed by atoms with van der Waals surface area (Å²) in [6.45, 7) is -1.49. The summed E-state index contributed by atoms with van der Waals surface area (Å²) in [7, 11) is 0. The van der Waals surface area contributed by atoms with E-state index in [2.05, 4.69) is 35.9 Å². The fourth-order valence-corrected chi connectivity index (χ4v) is 2.74. The molecule has 0 bridgehead atoms. The number of aliphatic hydroxyl groups excluding tert-OH is 2. The number of aromatic amines is 2. The van der Waals surface area contributed by atoms with Gasteiger partial charge in [0.2, 0.25) is 17.7 Å². The second-order valence-electron chi connectivity index (χ2n) is 7.06. The Morgan fingerprint density at radius 3 is 1.76 bits per heavy atom. The first-order valence-corrected chi connectivity index (χ1v) is 9.80. The van der Waals surface area contributed by atoms with Gasteiger partial charge in [0.05, 0.1) is 25.9 Å². The highest BCUT2D eigenvalue weighted by Gasteiger charge is 2.30. The molecule has 3 amide bonds. The maximum absolute atomic E-state index is 12.9. The van der Waals surface area contributed by atoms with E-state index in [1.165, 1.54) is 25.0 Å². The lowest BCUT2D eigenvalue weighted by atomic mass is 10.1. The summed E-state index contributed by atoms with van der Waals surface area (Å²) >= 11 is 0. The largest absolute Gasteiger partial charge is 0.480 e. The van der Waals surface area contributed by atoms with Crippen LogP contribution in [0.15, 0.2) is 25.0 Å². The second-order valence-corrected chi connectivity index (χ2v) is 7.06. The van der Waals surface area contributed by atoms with E-state index in [4.69, 9.17) is 10.8 Å². The van der Waals surface area contributed by atoms with Gasteiger partial charge in [-0.25, -0.2) is 14.8 Å². The first-order valence-electron chi connectivity index (χ1n) is 9.80. The Hall–Kier alpha value is -3.82. The van der Waals surface area contributed by atoms with E-state index in [1.807, 2.05) is 0 Å². The Balaban J connectivity index is 2.13. The van der Waals surface area contributed by atoms with Gasteiger partial charge in [-0.2, -0.15) is 0 Å². The van der Waals surface area contributed by atoms with Crippen molar-refractivity contribution in [2.45, 2.75) is 37.0 Å². The fourth-order valence-electron chi connectivity index (χ4n) is 2.74. The van der Waals surface area contributed by atoms with Crippen molar-refractivity contribution in [2.75, 3.05) is 13.2 Å². The zero-order chi connectivity index (χ0) is 24.4. The Morgan fingerprint density at radius 1 is 0.818 bits per heavy atom. The van der Waals surface area contributed by atoms with Crippen molar-refractivity contribution in [2.24, 2.45) is 5.73 Å². The smallest absolute Gasteiger partial charge is 0.326 e. The van der Waals surface area contributed by atoms with Gasteiger partial charge in [0.15, 0.2) is 0 Å². The quantitative estimate of drug-likeness (QED) is 0.137. The van der Waals surface area contributed by atoms with Crippen LogP contribution in [0.2, 0.25) is 0 Å². The van der Waals surface area contributed by atoms with E-state index < -0.39 is 61.1 Å². The van der Waals surface area contributed by atoms with Crippen molar-refractivity contribution < 1.29 is 34.5 Å². The summed E-state index contributed by atoms with van der Waals surface area (Å²) < 4.78 is 0. The highest BCUT2D eigenvalue weighted by molar-refractivity contribution is 5.94. The van der Waals surface area contributed by atoms with Gasteiger partial charge in [-0.15, -0.1) is 0 Å². The van der Waals surface area contributed by atoms with Crippen molar-refractivity contribution in [3.8, 4) is 0 Å². The number of nitrogens with two attached hydrogens (primary N) is 1. The molecular formula is C18H26N8O7. The molecule has 15 nitrogen and oxygen atoms in total. The summed E-state index contributed by atoms with van der Waals surface area (Å²) in [5, 5.41) is 34.8. The fraction of sp³-hybridized carbons (Fsp3) is 0.444. The Morgan fingerprint density at radius 2 is 1.30 bits per heavy atom. The number of carboxylic acid groups (broad SMARTS) is 1. The molecule has 0 aliphatic heterocycles. The van der Waals surface area contributed by atoms with Crippen molar-refractivity contribution in [1.82, 2.24) is 35.9 Å². The van der Waals surface area contributed by atoms with E-state index in [9.17, 15) is 29.4 Å². The second kappa shape index (κ2) is 12.3. The molecular weight excluding hydrogens is 440 g/mol. The molecule has 2 aromatic rings. The van der Waals surface area contributed by atoms with E-state index in [0.29, 0.717) is 11.4 Å². The maximum atomic E-state index is 12.9. The van der Waals surface area contributed by atoms with Crippen LogP contribution in [-0.2, 0) is 32.0 Å². The molecule has 10 N–H and O–H groups in total. The lowest BCUT2D eigenvalue weighted by Gasteiger charge is -2.24. The first kappa shape index (κ1) is 25.4. The zero-order valence-electron chi connectivity index (χ0n) is 17.4. The van der Waals surface area contributed by atoms with Gasteiger partial charge in [0.25, 0.3) is 0 Å². The molecule has 180 valence electrons. The van der Waals surface area contributed by atoms with Gasteiger partial charge >= 0.3 is 5.97 Å². The molecule has 4 unspecified atom stereocenters. The van der Waals surface area contributed by atoms with E-state index in [-0.39, 0.29) is 12.8 Å². The number of carboxylic acids is 1. The predicted molar refractivity (Wildman–Crippen MR) is 110 cm³/mol. The van der Waals surface area contributed by atoms with Crippen LogP contribution in [0.4, 0.5) is 0 Å². The number of nitrogens with zero attached hydrogens (tertiary/aromatic N) is 2. The third-order valence-corrected chi connectivity index (χ3v) is 4.55. The lowest BCUT2D eigenvalue weighted by molar-refractivity contribution is -0.142. The van der Waals surface area contributed by atoms with Crippen LogP contribution in [0, 0.1) is 0 Å². The normalized spacial score (nSPS) is 14.5. The van der Waals surface area contributed by atoms with E-state index >= 15 is 0 Å². The van der Waals surface area contributed by atoms with E-state index in [1.54, 1.807) is 0 Å². The summed E-state index contributed by atoms with van der Waals surface area (Å²) in [4.78, 5) is 62.1. The summed E-state index contributed by atoms with van der Waals surface area (Å²) in [5.41, 5.74) is 6.32. The van der Waals surface area contributed by atoms with Gasteiger partial charge in [0, 0.05) is 36.6 Å². The Kier molecular flexibility index (Phi) is 9.46. The standard InChI is InChI=1S/C18H26N8O7/c19-11(5-27)15(29)26-14(6-28)17(31)24-12(1-9-3-20-7-22-9)16(30)25-13(18(32)33)2-10-4-21-8-23-10/h3-4,7-8,11-14,27-28H,1-2,5-6,19H2,(H,20,22)(H,21,23)(H,24,31)(H,25,30)(H,26,29)(H,32,33). The van der Waals surface area contributed by atoms with Gasteiger partial charge in [-0.1, -0.05) is 0 Å². The first-order chi connectivity index (χ1) is 15.7. The number of imidazole rings is 2. The van der Waals surface area contributed by atoms with E-state index in [0.717, 1.165) is 0 Å². The highest BCUT2D eigenvalue weighted by Crippen LogP contribution is 2.04. The van der Waals surface area contributed by atoms with Crippen molar-refractivity contribution in [3.63, 3.8) is 0 Å². The molecule has 2 aromatic heterocycles. The zero-order valence-corrected chi connectivity index (χ0v) is 17.4. The number of aliphatic hydroxyl groups is 2. The molecule has 0 fully saturated rings. The predicted octanol–water partition coefficient (Wildman–Crippen LogP) is -4.23. The molecule has 2 rings (SSSR count). The molecule has 0 saturated carbocycles. The molecule has 33 heavy (non-hydrogen) atoms. The van der Waals surface area contributed by atoms with Crippen molar-refractivity contribution in [1.29, 1.82) is 0 Å². The average molecular weight is 466 g/mol. The number of carbonyl (C=O) groups is 4. The van der Waals surface area contributed by atoms with Gasteiger partial charge in [-0.3, -0.25) is 14.4 Å². The number of H-pyrrole nitrogens is 2. The third-order valence-electron chi connectivity index (χ3n) is 4.55. The number of hydrogen-bond acceptors (Lipinski definition) is 9. The number of hydrogen-bond donors (Lipinski definition) is 9. The van der Waals surface area contributed by atoms with Crippen LogP contribution in [0.3, 0.4) is 0 Å².